The van der Waals surface area contributed by atoms with Crippen LogP contribution in [0.5, 0.6) is 0 Å². The minimum Gasteiger partial charge on any atom is -0.193 e. The highest BCUT2D eigenvalue weighted by Crippen LogP contribution is 2.22. The minimum absolute atomic E-state index is 0.424. The van der Waals surface area contributed by atoms with Crippen LogP contribution >= 0.6 is 23.2 Å². The van der Waals surface area contributed by atoms with Crippen molar-refractivity contribution in [2.45, 2.75) is 6.92 Å². The van der Waals surface area contributed by atoms with Crippen molar-refractivity contribution in [3.05, 3.63) is 40.1 Å². The maximum absolute atomic E-state index is 12.5. The molecule has 0 radical (unpaired) electrons. The third kappa shape index (κ3) is 2.23. The molecule has 0 N–H and O–H groups in total. The predicted molar refractivity (Wildman–Crippen MR) is 51.0 cm³/mol. The van der Waals surface area contributed by atoms with Gasteiger partial charge in [-0.15, -0.1) is 0 Å². The molecule has 3 heteroatoms. The zero-order chi connectivity index (χ0) is 9.14. The summed E-state index contributed by atoms with van der Waals surface area (Å²) in [7, 11) is 0. The van der Waals surface area contributed by atoms with Crippen molar-refractivity contribution in [2.75, 3.05) is 0 Å². The van der Waals surface area contributed by atoms with Gasteiger partial charge in [-0.25, -0.2) is 0 Å². The highest BCUT2D eigenvalue weighted by atomic mass is 35.5. The number of allylic oxidation sites excluding steroid dienone is 1. The van der Waals surface area contributed by atoms with Crippen molar-refractivity contribution in [1.82, 2.24) is 0 Å². The Morgan fingerprint density at radius 3 is 2.17 bits per heavy atom. The summed E-state index contributed by atoms with van der Waals surface area (Å²) >= 11 is 10.8. The molecule has 64 valence electrons. The van der Waals surface area contributed by atoms with Gasteiger partial charge in [-0.1, -0.05) is 35.3 Å². The summed E-state index contributed by atoms with van der Waals surface area (Å²) in [5.74, 6) is 0. The average molecular weight is 205 g/mol. The second-order valence-electron chi connectivity index (χ2n) is 2.39. The Labute approximate surface area is 80.6 Å². The molecule has 0 heterocycles. The molecule has 0 unspecified atom stereocenters. The molecule has 0 bridgehead atoms. The largest absolute Gasteiger partial charge is 0.193 e. The summed E-state index contributed by atoms with van der Waals surface area (Å²) in [6, 6.07) is 6.83. The van der Waals surface area contributed by atoms with Crippen LogP contribution in [0.3, 0.4) is 0 Å². The Hall–Kier alpha value is -0.530. The average Bonchev–Trinajstić information content (AvgIpc) is 2.04. The molecule has 0 amide bonds. The van der Waals surface area contributed by atoms with Gasteiger partial charge in [0.05, 0.1) is 0 Å². The summed E-state index contributed by atoms with van der Waals surface area (Å²) in [4.78, 5) is 0. The first kappa shape index (κ1) is 9.56. The summed E-state index contributed by atoms with van der Waals surface area (Å²) in [6.45, 7) is 1.62. The molecular formula is C9H7Cl2F. The Balaban J connectivity index is 3.06. The molecule has 0 atom stereocenters. The van der Waals surface area contributed by atoms with Gasteiger partial charge in [0, 0.05) is 10.6 Å². The van der Waals surface area contributed by atoms with Gasteiger partial charge in [0.2, 0.25) is 0 Å². The van der Waals surface area contributed by atoms with Crippen molar-refractivity contribution in [2.24, 2.45) is 0 Å². The van der Waals surface area contributed by atoms with Gasteiger partial charge in [-0.3, -0.25) is 0 Å². The lowest BCUT2D eigenvalue weighted by Crippen LogP contribution is -1.78. The van der Waals surface area contributed by atoms with Crippen molar-refractivity contribution in [1.29, 1.82) is 0 Å². The van der Waals surface area contributed by atoms with Crippen LogP contribution in [0, 0.1) is 0 Å². The van der Waals surface area contributed by atoms with Gasteiger partial charge < -0.3 is 0 Å². The number of halogens is 3. The Morgan fingerprint density at radius 2 is 1.75 bits per heavy atom. The van der Waals surface area contributed by atoms with E-state index < -0.39 is 5.29 Å². The van der Waals surface area contributed by atoms with Gasteiger partial charge in [0.1, 0.15) is 0 Å². The van der Waals surface area contributed by atoms with E-state index in [2.05, 4.69) is 0 Å². The zero-order valence-corrected chi connectivity index (χ0v) is 7.96. The lowest BCUT2D eigenvalue weighted by Gasteiger charge is -1.99. The Kier molecular flexibility index (Phi) is 3.12. The highest BCUT2D eigenvalue weighted by molar-refractivity contribution is 6.31. The SMILES string of the molecule is C/C(=C(/F)Cl)c1ccc(Cl)cc1. The number of benzene rings is 1. The third-order valence-corrected chi connectivity index (χ3v) is 2.10. The van der Waals surface area contributed by atoms with E-state index in [4.69, 9.17) is 23.2 Å². The third-order valence-electron chi connectivity index (χ3n) is 1.56. The smallest absolute Gasteiger partial charge is 0.192 e. The van der Waals surface area contributed by atoms with Crippen LogP contribution in [0.2, 0.25) is 5.02 Å². The second-order valence-corrected chi connectivity index (χ2v) is 3.16. The van der Waals surface area contributed by atoms with E-state index in [1.54, 1.807) is 31.2 Å². The van der Waals surface area contributed by atoms with E-state index in [0.29, 0.717) is 10.6 Å². The first-order valence-electron chi connectivity index (χ1n) is 3.39. The molecule has 0 spiro atoms. The van der Waals surface area contributed by atoms with Crippen molar-refractivity contribution in [3.8, 4) is 0 Å². The summed E-state index contributed by atoms with van der Waals surface area (Å²) < 4.78 is 12.5. The van der Waals surface area contributed by atoms with Gasteiger partial charge in [0.15, 0.2) is 5.29 Å². The minimum atomic E-state index is -0.683. The molecule has 1 aromatic rings. The van der Waals surface area contributed by atoms with Crippen LogP contribution in [0.1, 0.15) is 12.5 Å². The first-order chi connectivity index (χ1) is 5.61. The predicted octanol–water partition coefficient (Wildman–Crippen LogP) is 4.24. The molecule has 0 aliphatic heterocycles. The molecule has 0 aromatic heterocycles. The van der Waals surface area contributed by atoms with Crippen LogP contribution < -0.4 is 0 Å². The Morgan fingerprint density at radius 1 is 1.25 bits per heavy atom. The lowest BCUT2D eigenvalue weighted by atomic mass is 10.1. The fourth-order valence-electron chi connectivity index (χ4n) is 0.809. The van der Waals surface area contributed by atoms with Crippen LogP contribution in [-0.2, 0) is 0 Å². The molecule has 1 aromatic carbocycles. The molecule has 0 nitrogen and oxygen atoms in total. The van der Waals surface area contributed by atoms with Gasteiger partial charge in [-0.05, 0) is 24.6 Å². The molecule has 12 heavy (non-hydrogen) atoms. The molecular weight excluding hydrogens is 198 g/mol. The fraction of sp³-hybridized carbons (Fsp3) is 0.111. The molecule has 1 rings (SSSR count). The summed E-state index contributed by atoms with van der Waals surface area (Å²) in [5.41, 5.74) is 1.17. The normalized spacial score (nSPS) is 12.7. The van der Waals surface area contributed by atoms with E-state index in [0.717, 1.165) is 5.56 Å². The van der Waals surface area contributed by atoms with Crippen LogP contribution in [0.4, 0.5) is 4.39 Å². The monoisotopic (exact) mass is 204 g/mol. The van der Waals surface area contributed by atoms with E-state index in [1.165, 1.54) is 0 Å². The van der Waals surface area contributed by atoms with Crippen molar-refractivity contribution >= 4 is 28.8 Å². The topological polar surface area (TPSA) is 0 Å². The van der Waals surface area contributed by atoms with Gasteiger partial charge in [0.25, 0.3) is 0 Å². The van der Waals surface area contributed by atoms with Crippen LogP contribution in [0.25, 0.3) is 5.57 Å². The summed E-state index contributed by atoms with van der Waals surface area (Å²) in [6.07, 6.45) is 0. The first-order valence-corrected chi connectivity index (χ1v) is 4.14. The molecule has 0 fully saturated rings. The molecule has 0 aliphatic carbocycles. The molecule has 0 aliphatic rings. The fourth-order valence-corrected chi connectivity index (χ4v) is 1.04. The zero-order valence-electron chi connectivity index (χ0n) is 6.44. The molecule has 0 saturated heterocycles. The van der Waals surface area contributed by atoms with Crippen LogP contribution in [-0.4, -0.2) is 0 Å². The summed E-state index contributed by atoms with van der Waals surface area (Å²) in [5, 5.41) is -0.0566. The van der Waals surface area contributed by atoms with Crippen LogP contribution in [0.15, 0.2) is 29.6 Å². The van der Waals surface area contributed by atoms with Gasteiger partial charge >= 0.3 is 0 Å². The maximum Gasteiger partial charge on any atom is 0.192 e. The van der Waals surface area contributed by atoms with E-state index >= 15 is 0 Å². The molecule has 0 saturated carbocycles. The number of hydrogen-bond donors (Lipinski definition) is 0. The maximum atomic E-state index is 12.5. The Bertz CT molecular complexity index is 297. The quantitative estimate of drug-likeness (QED) is 0.643. The van der Waals surface area contributed by atoms with Crippen molar-refractivity contribution < 1.29 is 4.39 Å². The number of rotatable bonds is 1. The van der Waals surface area contributed by atoms with E-state index in [1.807, 2.05) is 0 Å². The van der Waals surface area contributed by atoms with Gasteiger partial charge in [-0.2, -0.15) is 4.39 Å². The van der Waals surface area contributed by atoms with E-state index in [-0.39, 0.29) is 0 Å². The van der Waals surface area contributed by atoms with Crippen molar-refractivity contribution in [3.63, 3.8) is 0 Å². The lowest BCUT2D eigenvalue weighted by molar-refractivity contribution is 0.697. The standard InChI is InChI=1S/C9H7Cl2F/c1-6(9(11)12)7-2-4-8(10)5-3-7/h2-5H,1H3/b9-6-. The van der Waals surface area contributed by atoms with E-state index in [9.17, 15) is 4.39 Å². The second kappa shape index (κ2) is 3.92. The highest BCUT2D eigenvalue weighted by Gasteiger charge is 2.00. The number of hydrogen-bond acceptors (Lipinski definition) is 0.